The van der Waals surface area contributed by atoms with Crippen LogP contribution in [0.5, 0.6) is 0 Å². The summed E-state index contributed by atoms with van der Waals surface area (Å²) in [4.78, 5) is 14.6. The number of likely N-dealkylation sites (tertiary alicyclic amines) is 1. The van der Waals surface area contributed by atoms with Crippen LogP contribution in [-0.4, -0.2) is 33.2 Å². The maximum absolute atomic E-state index is 12.5. The number of carbonyl (C=O) groups excluding carboxylic acids is 1. The molecule has 0 aliphatic carbocycles. The number of carbonyl (C=O) groups is 1. The zero-order chi connectivity index (χ0) is 14.5. The van der Waals surface area contributed by atoms with E-state index >= 15 is 0 Å². The van der Waals surface area contributed by atoms with Crippen molar-refractivity contribution in [1.82, 2.24) is 14.7 Å². The molecule has 0 saturated carbocycles. The molecule has 1 saturated heterocycles. The first-order chi connectivity index (χ1) is 10.3. The lowest BCUT2D eigenvalue weighted by Crippen LogP contribution is -2.44. The van der Waals surface area contributed by atoms with Crippen LogP contribution in [-0.2, 0) is 17.8 Å². The zero-order valence-electron chi connectivity index (χ0n) is 12.1. The van der Waals surface area contributed by atoms with Gasteiger partial charge in [0.1, 0.15) is 0 Å². The van der Waals surface area contributed by atoms with E-state index in [2.05, 4.69) is 15.4 Å². The number of aromatic nitrogens is 2. The van der Waals surface area contributed by atoms with E-state index in [0.29, 0.717) is 12.5 Å². The Hall–Kier alpha value is -1.62. The molecule has 1 atom stereocenters. The molecule has 112 valence electrons. The minimum Gasteiger partial charge on any atom is -0.339 e. The van der Waals surface area contributed by atoms with Crippen molar-refractivity contribution in [2.45, 2.75) is 44.7 Å². The lowest BCUT2D eigenvalue weighted by molar-refractivity contribution is -0.134. The average molecular weight is 303 g/mol. The number of hydrogen-bond acceptors (Lipinski definition) is 3. The highest BCUT2D eigenvalue weighted by Crippen LogP contribution is 2.21. The Bertz CT molecular complexity index is 550. The van der Waals surface area contributed by atoms with Gasteiger partial charge in [0.05, 0.1) is 6.42 Å². The van der Waals surface area contributed by atoms with Gasteiger partial charge in [-0.1, -0.05) is 0 Å². The third-order valence-electron chi connectivity index (χ3n) is 4.13. The fraction of sp³-hybridized carbons (Fsp3) is 0.500. The van der Waals surface area contributed by atoms with Gasteiger partial charge in [0.15, 0.2) is 0 Å². The Kier molecular flexibility index (Phi) is 4.70. The molecule has 2 aromatic rings. The Labute approximate surface area is 129 Å². The van der Waals surface area contributed by atoms with E-state index in [1.54, 1.807) is 17.5 Å². The molecule has 1 aliphatic rings. The number of amides is 1. The van der Waals surface area contributed by atoms with Gasteiger partial charge in [-0.15, -0.1) is 0 Å². The number of piperidine rings is 1. The van der Waals surface area contributed by atoms with E-state index in [1.165, 1.54) is 6.42 Å². The summed E-state index contributed by atoms with van der Waals surface area (Å²) in [6.07, 6.45) is 8.82. The first-order valence-electron chi connectivity index (χ1n) is 7.61. The summed E-state index contributed by atoms with van der Waals surface area (Å²) < 4.78 is 1.95. The molecule has 21 heavy (non-hydrogen) atoms. The largest absolute Gasteiger partial charge is 0.339 e. The Morgan fingerprint density at radius 2 is 2.38 bits per heavy atom. The van der Waals surface area contributed by atoms with Gasteiger partial charge in [-0.3, -0.25) is 9.48 Å². The molecule has 4 nitrogen and oxygen atoms in total. The maximum atomic E-state index is 12.5. The van der Waals surface area contributed by atoms with Gasteiger partial charge in [-0.2, -0.15) is 16.4 Å². The van der Waals surface area contributed by atoms with Crippen molar-refractivity contribution >= 4 is 17.2 Å². The van der Waals surface area contributed by atoms with Gasteiger partial charge in [0.25, 0.3) is 0 Å². The minimum atomic E-state index is 0.276. The molecule has 0 aromatic carbocycles. The van der Waals surface area contributed by atoms with Crippen molar-refractivity contribution in [3.05, 3.63) is 40.8 Å². The Morgan fingerprint density at radius 1 is 1.43 bits per heavy atom. The van der Waals surface area contributed by atoms with Crippen LogP contribution in [0, 0.1) is 0 Å². The van der Waals surface area contributed by atoms with Crippen LogP contribution >= 0.6 is 11.3 Å². The van der Waals surface area contributed by atoms with Crippen LogP contribution < -0.4 is 0 Å². The van der Waals surface area contributed by atoms with Gasteiger partial charge >= 0.3 is 0 Å². The molecular formula is C16H21N3OS. The van der Waals surface area contributed by atoms with Crippen LogP contribution in [0.1, 0.15) is 31.2 Å². The standard InChI is InChI=1S/C16H21N3OS/c20-16(12-14-6-11-21-13-14)19-9-2-1-4-15(19)5-10-18-8-3-7-17-18/h3,6-8,11,13,15H,1-2,4-5,9-10,12H2. The van der Waals surface area contributed by atoms with Crippen molar-refractivity contribution < 1.29 is 4.79 Å². The molecule has 1 fully saturated rings. The first kappa shape index (κ1) is 14.3. The highest BCUT2D eigenvalue weighted by molar-refractivity contribution is 7.07. The van der Waals surface area contributed by atoms with Crippen molar-refractivity contribution in [3.8, 4) is 0 Å². The van der Waals surface area contributed by atoms with Gasteiger partial charge in [-0.05, 0) is 54.1 Å². The predicted molar refractivity (Wildman–Crippen MR) is 84.2 cm³/mol. The lowest BCUT2D eigenvalue weighted by Gasteiger charge is -2.36. The highest BCUT2D eigenvalue weighted by Gasteiger charge is 2.26. The topological polar surface area (TPSA) is 38.1 Å². The molecule has 2 aromatic heterocycles. The summed E-state index contributed by atoms with van der Waals surface area (Å²) >= 11 is 1.66. The molecule has 3 rings (SSSR count). The third-order valence-corrected chi connectivity index (χ3v) is 4.87. The summed E-state index contributed by atoms with van der Waals surface area (Å²) in [5.41, 5.74) is 1.14. The van der Waals surface area contributed by atoms with Crippen LogP contribution in [0.2, 0.25) is 0 Å². The second-order valence-electron chi connectivity index (χ2n) is 5.60. The molecule has 0 spiro atoms. The summed E-state index contributed by atoms with van der Waals surface area (Å²) in [7, 11) is 0. The predicted octanol–water partition coefficient (Wildman–Crippen LogP) is 2.96. The molecule has 0 radical (unpaired) electrons. The molecule has 1 unspecified atom stereocenters. The van der Waals surface area contributed by atoms with Crippen LogP contribution in [0.15, 0.2) is 35.3 Å². The lowest BCUT2D eigenvalue weighted by atomic mass is 9.98. The molecule has 3 heterocycles. The quantitative estimate of drug-likeness (QED) is 0.851. The Balaban J connectivity index is 1.59. The molecular weight excluding hydrogens is 282 g/mol. The number of rotatable bonds is 5. The van der Waals surface area contributed by atoms with Gasteiger partial charge in [0, 0.05) is 31.5 Å². The third kappa shape index (κ3) is 3.73. The number of hydrogen-bond donors (Lipinski definition) is 0. The number of thiophene rings is 1. The van der Waals surface area contributed by atoms with Crippen LogP contribution in [0.3, 0.4) is 0 Å². The highest BCUT2D eigenvalue weighted by atomic mass is 32.1. The van der Waals surface area contributed by atoms with Crippen molar-refractivity contribution in [1.29, 1.82) is 0 Å². The summed E-state index contributed by atoms with van der Waals surface area (Å²) in [5.74, 6) is 0.276. The van der Waals surface area contributed by atoms with Crippen molar-refractivity contribution in [3.63, 3.8) is 0 Å². The van der Waals surface area contributed by atoms with E-state index < -0.39 is 0 Å². The first-order valence-corrected chi connectivity index (χ1v) is 8.55. The zero-order valence-corrected chi connectivity index (χ0v) is 13.0. The number of nitrogens with zero attached hydrogens (tertiary/aromatic N) is 3. The molecule has 1 amide bonds. The number of aryl methyl sites for hydroxylation is 1. The second-order valence-corrected chi connectivity index (χ2v) is 6.38. The van der Waals surface area contributed by atoms with E-state index in [0.717, 1.165) is 37.9 Å². The van der Waals surface area contributed by atoms with Crippen LogP contribution in [0.25, 0.3) is 0 Å². The average Bonchev–Trinajstić information content (AvgIpc) is 3.18. The van der Waals surface area contributed by atoms with Gasteiger partial charge < -0.3 is 4.90 Å². The summed E-state index contributed by atoms with van der Waals surface area (Å²) in [6, 6.07) is 4.36. The normalized spacial score (nSPS) is 18.9. The fourth-order valence-corrected chi connectivity index (χ4v) is 3.68. The second kappa shape index (κ2) is 6.89. The van der Waals surface area contributed by atoms with Crippen molar-refractivity contribution in [2.75, 3.05) is 6.54 Å². The van der Waals surface area contributed by atoms with Crippen molar-refractivity contribution in [2.24, 2.45) is 0 Å². The fourth-order valence-electron chi connectivity index (χ4n) is 3.01. The maximum Gasteiger partial charge on any atom is 0.227 e. The van der Waals surface area contributed by atoms with E-state index in [-0.39, 0.29) is 5.91 Å². The Morgan fingerprint density at radius 3 is 3.14 bits per heavy atom. The SMILES string of the molecule is O=C(Cc1ccsc1)N1CCCCC1CCn1cccn1. The smallest absolute Gasteiger partial charge is 0.227 e. The summed E-state index contributed by atoms with van der Waals surface area (Å²) in [5, 5.41) is 8.35. The summed E-state index contributed by atoms with van der Waals surface area (Å²) in [6.45, 7) is 1.80. The molecule has 0 bridgehead atoms. The van der Waals surface area contributed by atoms with Gasteiger partial charge in [-0.25, -0.2) is 0 Å². The molecule has 1 aliphatic heterocycles. The van der Waals surface area contributed by atoms with Gasteiger partial charge in [0.2, 0.25) is 5.91 Å². The van der Waals surface area contributed by atoms with E-state index in [4.69, 9.17) is 0 Å². The molecule has 0 N–H and O–H groups in total. The molecule has 5 heteroatoms. The van der Waals surface area contributed by atoms with E-state index in [9.17, 15) is 4.79 Å². The monoisotopic (exact) mass is 303 g/mol. The van der Waals surface area contributed by atoms with E-state index in [1.807, 2.05) is 28.4 Å². The minimum absolute atomic E-state index is 0.276. The van der Waals surface area contributed by atoms with Crippen LogP contribution in [0.4, 0.5) is 0 Å².